The highest BCUT2D eigenvalue weighted by molar-refractivity contribution is 9.10. The summed E-state index contributed by atoms with van der Waals surface area (Å²) >= 11 is 9.27. The molecule has 4 nitrogen and oxygen atoms in total. The minimum atomic E-state index is -0.476. The van der Waals surface area contributed by atoms with Crippen LogP contribution in [-0.4, -0.2) is 25.8 Å². The first kappa shape index (κ1) is 16.6. The molecule has 22 heavy (non-hydrogen) atoms. The third kappa shape index (κ3) is 5.58. The van der Waals surface area contributed by atoms with Crippen LogP contribution in [0.25, 0.3) is 0 Å². The highest BCUT2D eigenvalue weighted by Gasteiger charge is 2.07. The summed E-state index contributed by atoms with van der Waals surface area (Å²) in [5.74, 6) is 0.689. The third-order valence-corrected chi connectivity index (χ3v) is 3.39. The van der Waals surface area contributed by atoms with Gasteiger partial charge in [0.15, 0.2) is 6.61 Å². The topological polar surface area (TPSA) is 44.8 Å². The predicted octanol–water partition coefficient (Wildman–Crippen LogP) is 4.10. The van der Waals surface area contributed by atoms with Crippen LogP contribution in [-0.2, 0) is 9.53 Å². The average molecular weight is 386 g/mol. The van der Waals surface area contributed by atoms with Gasteiger partial charge >= 0.3 is 5.97 Å². The molecule has 0 radical (unpaired) electrons. The number of carbonyl (C=O) groups excluding carboxylic acids is 1. The number of benzene rings is 2. The molecule has 0 fully saturated rings. The van der Waals surface area contributed by atoms with Crippen LogP contribution in [0.15, 0.2) is 53.0 Å². The maximum absolute atomic E-state index is 11.6. The van der Waals surface area contributed by atoms with Gasteiger partial charge in [0.25, 0.3) is 0 Å². The molecule has 0 aromatic heterocycles. The fraction of sp³-hybridized carbons (Fsp3) is 0.188. The van der Waals surface area contributed by atoms with Crippen molar-refractivity contribution in [2.24, 2.45) is 0 Å². The Bertz CT molecular complexity index is 619. The van der Waals surface area contributed by atoms with E-state index in [0.717, 1.165) is 10.2 Å². The second-order valence-corrected chi connectivity index (χ2v) is 5.57. The van der Waals surface area contributed by atoms with Gasteiger partial charge in [0.1, 0.15) is 24.7 Å². The van der Waals surface area contributed by atoms with E-state index in [-0.39, 0.29) is 19.8 Å². The van der Waals surface area contributed by atoms with E-state index in [9.17, 15) is 4.79 Å². The third-order valence-electron chi connectivity index (χ3n) is 2.60. The summed E-state index contributed by atoms with van der Waals surface area (Å²) in [5, 5.41) is 0.426. The van der Waals surface area contributed by atoms with Gasteiger partial charge < -0.3 is 14.2 Å². The summed E-state index contributed by atoms with van der Waals surface area (Å²) < 4.78 is 16.6. The maximum Gasteiger partial charge on any atom is 0.344 e. The lowest BCUT2D eigenvalue weighted by atomic mass is 10.3. The minimum absolute atomic E-state index is 0.158. The molecule has 0 spiro atoms. The normalized spacial score (nSPS) is 10.1. The van der Waals surface area contributed by atoms with Crippen LogP contribution in [0.1, 0.15) is 0 Å². The van der Waals surface area contributed by atoms with E-state index in [4.69, 9.17) is 25.8 Å². The van der Waals surface area contributed by atoms with Crippen LogP contribution in [0.5, 0.6) is 11.5 Å². The van der Waals surface area contributed by atoms with E-state index in [1.165, 1.54) is 0 Å². The summed E-state index contributed by atoms with van der Waals surface area (Å²) in [6, 6.07) is 14.5. The number of esters is 1. The Labute approximate surface area is 142 Å². The quantitative estimate of drug-likeness (QED) is 0.532. The maximum atomic E-state index is 11.6. The average Bonchev–Trinajstić information content (AvgIpc) is 2.52. The van der Waals surface area contributed by atoms with Gasteiger partial charge in [-0.3, -0.25) is 0 Å². The van der Waals surface area contributed by atoms with Crippen LogP contribution >= 0.6 is 27.5 Å². The number of halogens is 2. The second kappa shape index (κ2) is 8.66. The van der Waals surface area contributed by atoms with E-state index in [2.05, 4.69) is 15.9 Å². The predicted molar refractivity (Wildman–Crippen MR) is 87.5 cm³/mol. The van der Waals surface area contributed by atoms with Gasteiger partial charge in [-0.25, -0.2) is 4.79 Å². The Morgan fingerprint density at radius 3 is 2.55 bits per heavy atom. The summed E-state index contributed by atoms with van der Waals surface area (Å²) in [7, 11) is 0. The van der Waals surface area contributed by atoms with E-state index in [0.29, 0.717) is 10.8 Å². The molecule has 0 bridgehead atoms. The molecule has 0 saturated heterocycles. The van der Waals surface area contributed by atoms with Crippen molar-refractivity contribution in [2.45, 2.75) is 0 Å². The van der Waals surface area contributed by atoms with Gasteiger partial charge in [0.2, 0.25) is 0 Å². The molecule has 2 aromatic carbocycles. The van der Waals surface area contributed by atoms with Crippen molar-refractivity contribution in [2.75, 3.05) is 19.8 Å². The van der Waals surface area contributed by atoms with Gasteiger partial charge in [0.05, 0.1) is 5.02 Å². The van der Waals surface area contributed by atoms with Gasteiger partial charge in [-0.1, -0.05) is 45.7 Å². The van der Waals surface area contributed by atoms with Crippen LogP contribution in [0, 0.1) is 0 Å². The lowest BCUT2D eigenvalue weighted by Crippen LogP contribution is -2.18. The summed E-state index contributed by atoms with van der Waals surface area (Å²) in [5.41, 5.74) is 0. The van der Waals surface area contributed by atoms with E-state index >= 15 is 0 Å². The molecule has 0 aliphatic rings. The largest absolute Gasteiger partial charge is 0.490 e. The van der Waals surface area contributed by atoms with E-state index in [1.54, 1.807) is 18.2 Å². The number of carbonyl (C=O) groups is 1. The van der Waals surface area contributed by atoms with E-state index in [1.807, 2.05) is 30.3 Å². The first-order valence-corrected chi connectivity index (χ1v) is 7.73. The van der Waals surface area contributed by atoms with Crippen LogP contribution in [0.3, 0.4) is 0 Å². The molecule has 0 unspecified atom stereocenters. The smallest absolute Gasteiger partial charge is 0.344 e. The van der Waals surface area contributed by atoms with Gasteiger partial charge in [0, 0.05) is 4.47 Å². The molecule has 0 N–H and O–H groups in total. The Kier molecular flexibility index (Phi) is 6.55. The Hall–Kier alpha value is -1.72. The standard InChI is InChI=1S/C16H14BrClO4/c17-12-6-7-15(14(18)10-12)22-11-16(19)21-9-8-20-13-4-2-1-3-5-13/h1-7,10H,8-9,11H2. The summed E-state index contributed by atoms with van der Waals surface area (Å²) in [6.45, 7) is 0.243. The molecule has 0 aliphatic carbocycles. The van der Waals surface area contributed by atoms with Crippen molar-refractivity contribution in [3.8, 4) is 11.5 Å². The SMILES string of the molecule is O=C(COc1ccc(Br)cc1Cl)OCCOc1ccccc1. The zero-order chi connectivity index (χ0) is 15.8. The molecule has 0 heterocycles. The zero-order valence-electron chi connectivity index (χ0n) is 11.6. The highest BCUT2D eigenvalue weighted by atomic mass is 79.9. The molecule has 116 valence electrons. The monoisotopic (exact) mass is 384 g/mol. The van der Waals surface area contributed by atoms with Gasteiger partial charge in [-0.15, -0.1) is 0 Å². The van der Waals surface area contributed by atoms with Crippen molar-refractivity contribution in [3.05, 3.63) is 58.0 Å². The molecule has 2 aromatic rings. The van der Waals surface area contributed by atoms with Gasteiger partial charge in [-0.05, 0) is 30.3 Å². The van der Waals surface area contributed by atoms with Crippen molar-refractivity contribution < 1.29 is 19.0 Å². The molecular weight excluding hydrogens is 372 g/mol. The molecule has 0 aliphatic heterocycles. The number of hydrogen-bond acceptors (Lipinski definition) is 4. The first-order valence-electron chi connectivity index (χ1n) is 6.56. The molecule has 0 saturated carbocycles. The Morgan fingerprint density at radius 1 is 1.05 bits per heavy atom. The summed E-state index contributed by atoms with van der Waals surface area (Å²) in [4.78, 5) is 11.6. The lowest BCUT2D eigenvalue weighted by Gasteiger charge is -2.09. The second-order valence-electron chi connectivity index (χ2n) is 4.25. The number of hydrogen-bond donors (Lipinski definition) is 0. The Morgan fingerprint density at radius 2 is 1.82 bits per heavy atom. The van der Waals surface area contributed by atoms with Crippen LogP contribution in [0.4, 0.5) is 0 Å². The van der Waals surface area contributed by atoms with Gasteiger partial charge in [-0.2, -0.15) is 0 Å². The molecule has 0 atom stereocenters. The molecule has 6 heteroatoms. The van der Waals surface area contributed by atoms with Crippen LogP contribution < -0.4 is 9.47 Å². The van der Waals surface area contributed by atoms with Crippen molar-refractivity contribution in [1.82, 2.24) is 0 Å². The van der Waals surface area contributed by atoms with Crippen molar-refractivity contribution in [1.29, 1.82) is 0 Å². The van der Waals surface area contributed by atoms with Crippen molar-refractivity contribution >= 4 is 33.5 Å². The first-order chi connectivity index (χ1) is 10.6. The van der Waals surface area contributed by atoms with Crippen molar-refractivity contribution in [3.63, 3.8) is 0 Å². The molecular formula is C16H14BrClO4. The minimum Gasteiger partial charge on any atom is -0.490 e. The fourth-order valence-electron chi connectivity index (χ4n) is 1.60. The van der Waals surface area contributed by atoms with E-state index < -0.39 is 5.97 Å². The zero-order valence-corrected chi connectivity index (χ0v) is 14.0. The fourth-order valence-corrected chi connectivity index (χ4v) is 2.33. The summed E-state index contributed by atoms with van der Waals surface area (Å²) in [6.07, 6.45) is 0. The molecule has 0 amide bonds. The lowest BCUT2D eigenvalue weighted by molar-refractivity contribution is -0.146. The van der Waals surface area contributed by atoms with Crippen LogP contribution in [0.2, 0.25) is 5.02 Å². The Balaban J connectivity index is 1.65. The number of para-hydroxylation sites is 1. The highest BCUT2D eigenvalue weighted by Crippen LogP contribution is 2.27. The number of rotatable bonds is 7. The number of ether oxygens (including phenoxy) is 3. The molecule has 2 rings (SSSR count).